The molecule has 1 atom stereocenters. The Morgan fingerprint density at radius 1 is 1.55 bits per heavy atom. The minimum atomic E-state index is -0.518. The highest BCUT2D eigenvalue weighted by Crippen LogP contribution is 2.18. The summed E-state index contributed by atoms with van der Waals surface area (Å²) < 4.78 is 7.24. The summed E-state index contributed by atoms with van der Waals surface area (Å²) >= 11 is 5.11. The van der Waals surface area contributed by atoms with Gasteiger partial charge in [0, 0.05) is 24.3 Å². The third kappa shape index (κ3) is 4.77. The summed E-state index contributed by atoms with van der Waals surface area (Å²) in [4.78, 5) is 25.4. The fourth-order valence-electron chi connectivity index (χ4n) is 1.70. The molecule has 0 aliphatic heterocycles. The van der Waals surface area contributed by atoms with E-state index in [0.717, 1.165) is 19.3 Å². The van der Waals surface area contributed by atoms with E-state index < -0.39 is 12.2 Å². The molecule has 110 valence electrons. The molecule has 1 rings (SSSR count). The average Bonchev–Trinajstić information content (AvgIpc) is 2.37. The maximum absolute atomic E-state index is 11.7. The molecule has 0 fully saturated rings. The zero-order chi connectivity index (χ0) is 15.1. The van der Waals surface area contributed by atoms with E-state index in [4.69, 9.17) is 17.0 Å². The molecule has 0 saturated carbocycles. The van der Waals surface area contributed by atoms with Crippen LogP contribution in [0.2, 0.25) is 0 Å². The quantitative estimate of drug-likeness (QED) is 0.363. The maximum Gasteiger partial charge on any atom is 0.335 e. The third-order valence-corrected chi connectivity index (χ3v) is 3.12. The fourth-order valence-corrected chi connectivity index (χ4v) is 1.98. The van der Waals surface area contributed by atoms with Gasteiger partial charge >= 0.3 is 5.97 Å². The minimum Gasteiger partial charge on any atom is -0.438 e. The Kier molecular flexibility index (Phi) is 6.38. The summed E-state index contributed by atoms with van der Waals surface area (Å²) in [6.45, 7) is 7.26. The highest BCUT2D eigenvalue weighted by Gasteiger charge is 2.16. The molecular formula is C14H20N2O3S. The molecule has 0 spiro atoms. The summed E-state index contributed by atoms with van der Waals surface area (Å²) in [5, 5.41) is 0. The van der Waals surface area contributed by atoms with Gasteiger partial charge in [-0.25, -0.2) is 4.79 Å². The molecule has 0 aliphatic carbocycles. The predicted molar refractivity (Wildman–Crippen MR) is 80.0 cm³/mol. The van der Waals surface area contributed by atoms with E-state index in [9.17, 15) is 9.59 Å². The number of carbonyl (C=O) groups is 1. The molecule has 1 aromatic heterocycles. The molecule has 1 N–H and O–H groups in total. The van der Waals surface area contributed by atoms with Crippen molar-refractivity contribution in [3.63, 3.8) is 0 Å². The number of hydrogen-bond donors (Lipinski definition) is 1. The van der Waals surface area contributed by atoms with Crippen molar-refractivity contribution < 1.29 is 9.53 Å². The van der Waals surface area contributed by atoms with E-state index in [1.807, 2.05) is 0 Å². The van der Waals surface area contributed by atoms with E-state index in [2.05, 4.69) is 18.5 Å². The van der Waals surface area contributed by atoms with E-state index in [1.165, 1.54) is 6.07 Å². The van der Waals surface area contributed by atoms with Crippen LogP contribution in [-0.2, 0) is 9.53 Å². The molecule has 0 aromatic carbocycles. The molecule has 1 heterocycles. The van der Waals surface area contributed by atoms with Gasteiger partial charge in [0.25, 0.3) is 5.56 Å². The van der Waals surface area contributed by atoms with Crippen molar-refractivity contribution in [1.29, 1.82) is 0 Å². The van der Waals surface area contributed by atoms with Gasteiger partial charge in [0.2, 0.25) is 0 Å². The van der Waals surface area contributed by atoms with Crippen LogP contribution in [0.25, 0.3) is 0 Å². The molecule has 1 unspecified atom stereocenters. The number of aromatic amines is 1. The van der Waals surface area contributed by atoms with Gasteiger partial charge in [0.15, 0.2) is 11.0 Å². The molecule has 0 aliphatic rings. The second-order valence-corrected chi connectivity index (χ2v) is 5.04. The maximum atomic E-state index is 11.7. The van der Waals surface area contributed by atoms with Gasteiger partial charge in [-0.3, -0.25) is 14.3 Å². The Balaban J connectivity index is 2.96. The lowest BCUT2D eigenvalue weighted by atomic mass is 10.2. The number of nitrogens with one attached hydrogen (secondary N) is 1. The van der Waals surface area contributed by atoms with Crippen molar-refractivity contribution in [3.8, 4) is 0 Å². The van der Waals surface area contributed by atoms with Crippen molar-refractivity contribution in [2.24, 2.45) is 0 Å². The first-order valence-corrected chi connectivity index (χ1v) is 7.04. The van der Waals surface area contributed by atoms with E-state index >= 15 is 0 Å². The van der Waals surface area contributed by atoms with E-state index in [0.29, 0.717) is 12.0 Å². The molecule has 0 bridgehead atoms. The summed E-state index contributed by atoms with van der Waals surface area (Å²) in [7, 11) is 0. The van der Waals surface area contributed by atoms with Gasteiger partial charge in [-0.2, -0.15) is 0 Å². The first kappa shape index (κ1) is 16.4. The number of nitrogens with zero attached hydrogens (tertiary/aromatic N) is 1. The van der Waals surface area contributed by atoms with Crippen LogP contribution in [0.15, 0.2) is 29.2 Å². The largest absolute Gasteiger partial charge is 0.438 e. The van der Waals surface area contributed by atoms with Crippen LogP contribution >= 0.6 is 12.2 Å². The van der Waals surface area contributed by atoms with Gasteiger partial charge in [-0.05, 0) is 25.6 Å². The van der Waals surface area contributed by atoms with Gasteiger partial charge in [0.1, 0.15) is 0 Å². The lowest BCUT2D eigenvalue weighted by molar-refractivity contribution is -0.149. The molecule has 6 heteroatoms. The normalized spacial score (nSPS) is 11.9. The van der Waals surface area contributed by atoms with Gasteiger partial charge in [-0.15, -0.1) is 0 Å². The summed E-state index contributed by atoms with van der Waals surface area (Å²) in [5.74, 6) is -0.459. The molecule has 5 nitrogen and oxygen atoms in total. The Morgan fingerprint density at radius 3 is 2.80 bits per heavy atom. The average molecular weight is 296 g/mol. The zero-order valence-corrected chi connectivity index (χ0v) is 12.7. The summed E-state index contributed by atoms with van der Waals surface area (Å²) in [6.07, 6.45) is 4.69. The topological polar surface area (TPSA) is 64.1 Å². The number of aromatic nitrogens is 2. The van der Waals surface area contributed by atoms with Crippen molar-refractivity contribution in [2.75, 3.05) is 0 Å². The number of unbranched alkanes of at least 4 members (excludes halogenated alkanes) is 2. The van der Waals surface area contributed by atoms with Crippen molar-refractivity contribution >= 4 is 18.2 Å². The number of carbonyl (C=O) groups excluding carboxylic acids is 1. The number of H-pyrrole nitrogens is 1. The van der Waals surface area contributed by atoms with Crippen molar-refractivity contribution in [2.45, 2.75) is 45.8 Å². The van der Waals surface area contributed by atoms with Crippen LogP contribution < -0.4 is 5.56 Å². The summed E-state index contributed by atoms with van der Waals surface area (Å²) in [6, 6.07) is 1.36. The van der Waals surface area contributed by atoms with E-state index in [-0.39, 0.29) is 10.3 Å². The highest BCUT2D eigenvalue weighted by atomic mass is 32.1. The number of esters is 1. The molecule has 20 heavy (non-hydrogen) atoms. The molecule has 0 radical (unpaired) electrons. The van der Waals surface area contributed by atoms with Crippen LogP contribution in [0, 0.1) is 4.77 Å². The van der Waals surface area contributed by atoms with Crippen LogP contribution in [0.4, 0.5) is 0 Å². The minimum absolute atomic E-state index is 0.244. The van der Waals surface area contributed by atoms with Gasteiger partial charge in [0.05, 0.1) is 0 Å². The van der Waals surface area contributed by atoms with Crippen molar-refractivity contribution in [3.05, 3.63) is 39.5 Å². The number of ether oxygens (including phenoxy) is 1. The van der Waals surface area contributed by atoms with Crippen molar-refractivity contribution in [1.82, 2.24) is 9.55 Å². The van der Waals surface area contributed by atoms with Gasteiger partial charge in [-0.1, -0.05) is 26.3 Å². The van der Waals surface area contributed by atoms with Crippen LogP contribution in [0.5, 0.6) is 0 Å². The highest BCUT2D eigenvalue weighted by molar-refractivity contribution is 7.71. The standard InChI is InChI=1S/C14H20N2O3S/c1-4-5-6-7-12(19-13(18)10(2)3)16-9-8-11(17)15-14(16)20/h8-9,12H,2,4-7H2,1,3H3,(H,15,17,20). The lowest BCUT2D eigenvalue weighted by Gasteiger charge is -2.20. The van der Waals surface area contributed by atoms with Crippen LogP contribution in [0.3, 0.4) is 0 Å². The van der Waals surface area contributed by atoms with Crippen LogP contribution in [-0.4, -0.2) is 15.5 Å². The molecular weight excluding hydrogens is 276 g/mol. The van der Waals surface area contributed by atoms with Gasteiger partial charge < -0.3 is 4.74 Å². The smallest absolute Gasteiger partial charge is 0.335 e. The molecule has 0 saturated heterocycles. The van der Waals surface area contributed by atoms with Crippen LogP contribution in [0.1, 0.15) is 45.8 Å². The Morgan fingerprint density at radius 2 is 2.25 bits per heavy atom. The Labute approximate surface area is 123 Å². The lowest BCUT2D eigenvalue weighted by Crippen LogP contribution is -2.21. The monoisotopic (exact) mass is 296 g/mol. The van der Waals surface area contributed by atoms with E-state index in [1.54, 1.807) is 17.7 Å². The number of hydrogen-bond acceptors (Lipinski definition) is 4. The molecule has 0 amide bonds. The second-order valence-electron chi connectivity index (χ2n) is 4.65. The fraction of sp³-hybridized carbons (Fsp3) is 0.500. The Hall–Kier alpha value is -1.69. The first-order valence-electron chi connectivity index (χ1n) is 6.63. The first-order chi connectivity index (χ1) is 9.45. The number of rotatable bonds is 7. The predicted octanol–water partition coefficient (Wildman–Crippen LogP) is 3.10. The SMILES string of the molecule is C=C(C)C(=O)OC(CCCCC)n1ccc(=O)[nH]c1=S. The third-order valence-electron chi connectivity index (χ3n) is 2.81. The molecule has 1 aromatic rings. The second kappa shape index (κ2) is 7.79. The summed E-state index contributed by atoms with van der Waals surface area (Å²) in [5.41, 5.74) is 0.0613. The zero-order valence-electron chi connectivity index (χ0n) is 11.8. The Bertz CT molecular complexity index is 589.